The van der Waals surface area contributed by atoms with Gasteiger partial charge >= 0.3 is 0 Å². The van der Waals surface area contributed by atoms with Crippen LogP contribution in [0.4, 0.5) is 0 Å². The van der Waals surface area contributed by atoms with E-state index in [4.69, 9.17) is 9.47 Å². The van der Waals surface area contributed by atoms with Gasteiger partial charge < -0.3 is 14.4 Å². The number of rotatable bonds is 4. The summed E-state index contributed by atoms with van der Waals surface area (Å²) in [6.45, 7) is 1.13. The van der Waals surface area contributed by atoms with Gasteiger partial charge in [0.25, 0.3) is 5.91 Å². The summed E-state index contributed by atoms with van der Waals surface area (Å²) in [5, 5.41) is 6.48. The summed E-state index contributed by atoms with van der Waals surface area (Å²) in [7, 11) is 3.30. The van der Waals surface area contributed by atoms with E-state index in [2.05, 4.69) is 10.2 Å². The number of methoxy groups -OCH3 is 2. The first-order valence-corrected chi connectivity index (χ1v) is 5.58. The Balaban J connectivity index is 2.09. The molecule has 0 spiro atoms. The molecule has 1 amide bonds. The minimum Gasteiger partial charge on any atom is -0.383 e. The van der Waals surface area contributed by atoms with Crippen LogP contribution in [0.3, 0.4) is 0 Å². The number of nitrogens with zero attached hydrogens (tertiary/aromatic N) is 2. The van der Waals surface area contributed by atoms with Gasteiger partial charge in [-0.15, -0.1) is 0 Å². The van der Waals surface area contributed by atoms with E-state index in [0.717, 1.165) is 6.42 Å². The SMILES string of the molecule is COC[C@@H]1C[C@@H](OC)CN1C(=O)c1ccn[nH]1. The molecule has 1 aromatic heterocycles. The summed E-state index contributed by atoms with van der Waals surface area (Å²) in [5.74, 6) is -0.0518. The average molecular weight is 239 g/mol. The van der Waals surface area contributed by atoms with Crippen molar-refractivity contribution >= 4 is 5.91 Å². The number of amides is 1. The number of hydrogen-bond acceptors (Lipinski definition) is 4. The lowest BCUT2D eigenvalue weighted by molar-refractivity contribution is 0.0606. The molecule has 0 aromatic carbocycles. The predicted octanol–water partition coefficient (Wildman–Crippen LogP) is 0.286. The number of aromatic nitrogens is 2. The van der Waals surface area contributed by atoms with E-state index in [1.165, 1.54) is 0 Å². The Morgan fingerprint density at radius 2 is 2.47 bits per heavy atom. The van der Waals surface area contributed by atoms with Gasteiger partial charge in [-0.05, 0) is 12.5 Å². The van der Waals surface area contributed by atoms with E-state index in [9.17, 15) is 4.79 Å². The first-order valence-electron chi connectivity index (χ1n) is 5.58. The summed E-state index contributed by atoms with van der Waals surface area (Å²) in [4.78, 5) is 14.0. The maximum Gasteiger partial charge on any atom is 0.272 e. The third kappa shape index (κ3) is 2.48. The number of hydrogen-bond donors (Lipinski definition) is 1. The number of aromatic amines is 1. The highest BCUT2D eigenvalue weighted by molar-refractivity contribution is 5.92. The Kier molecular flexibility index (Phi) is 3.75. The zero-order valence-electron chi connectivity index (χ0n) is 10.0. The second-order valence-electron chi connectivity index (χ2n) is 4.13. The number of likely N-dealkylation sites (tertiary alicyclic amines) is 1. The standard InChI is InChI=1S/C11H17N3O3/c1-16-7-8-5-9(17-2)6-14(8)11(15)10-3-4-12-13-10/h3-4,8-9H,5-7H2,1-2H3,(H,12,13)/t8-,9+/m0/s1. The van der Waals surface area contributed by atoms with E-state index >= 15 is 0 Å². The van der Waals surface area contributed by atoms with Gasteiger partial charge in [0.2, 0.25) is 0 Å². The largest absolute Gasteiger partial charge is 0.383 e. The van der Waals surface area contributed by atoms with Crippen LogP contribution in [0.1, 0.15) is 16.9 Å². The van der Waals surface area contributed by atoms with Crippen LogP contribution in [0.5, 0.6) is 0 Å². The van der Waals surface area contributed by atoms with Crippen LogP contribution in [-0.2, 0) is 9.47 Å². The topological polar surface area (TPSA) is 67.5 Å². The van der Waals surface area contributed by atoms with Crippen molar-refractivity contribution in [3.8, 4) is 0 Å². The van der Waals surface area contributed by atoms with Crippen molar-refractivity contribution in [3.05, 3.63) is 18.0 Å². The average Bonchev–Trinajstić information content (AvgIpc) is 2.97. The molecular formula is C11H17N3O3. The third-order valence-corrected chi connectivity index (χ3v) is 3.06. The first-order chi connectivity index (χ1) is 8.26. The summed E-state index contributed by atoms with van der Waals surface area (Å²) in [5.41, 5.74) is 0.503. The lowest BCUT2D eigenvalue weighted by Gasteiger charge is -2.22. The van der Waals surface area contributed by atoms with Crippen molar-refractivity contribution < 1.29 is 14.3 Å². The Hall–Kier alpha value is -1.40. The third-order valence-electron chi connectivity index (χ3n) is 3.06. The van der Waals surface area contributed by atoms with Gasteiger partial charge in [0.05, 0.1) is 18.8 Å². The van der Waals surface area contributed by atoms with Crippen LogP contribution in [0.25, 0.3) is 0 Å². The number of ether oxygens (including phenoxy) is 2. The molecule has 6 heteroatoms. The highest BCUT2D eigenvalue weighted by Crippen LogP contribution is 2.22. The van der Waals surface area contributed by atoms with Gasteiger partial charge in [-0.2, -0.15) is 5.10 Å². The van der Waals surface area contributed by atoms with E-state index in [0.29, 0.717) is 18.8 Å². The second kappa shape index (κ2) is 5.29. The maximum atomic E-state index is 12.2. The number of H-pyrrole nitrogens is 1. The molecule has 0 radical (unpaired) electrons. The van der Waals surface area contributed by atoms with Crippen LogP contribution < -0.4 is 0 Å². The molecular weight excluding hydrogens is 222 g/mol. The molecule has 0 bridgehead atoms. The first kappa shape index (κ1) is 12.1. The lowest BCUT2D eigenvalue weighted by Crippen LogP contribution is -2.38. The molecule has 2 heterocycles. The molecule has 0 unspecified atom stereocenters. The highest BCUT2D eigenvalue weighted by atomic mass is 16.5. The number of nitrogens with one attached hydrogen (secondary N) is 1. The zero-order valence-corrected chi connectivity index (χ0v) is 10.0. The van der Waals surface area contributed by atoms with Crippen molar-refractivity contribution in [1.82, 2.24) is 15.1 Å². The molecule has 1 fully saturated rings. The molecule has 6 nitrogen and oxygen atoms in total. The monoisotopic (exact) mass is 239 g/mol. The fraction of sp³-hybridized carbons (Fsp3) is 0.636. The molecule has 1 saturated heterocycles. The minimum atomic E-state index is -0.0518. The minimum absolute atomic E-state index is 0.0518. The summed E-state index contributed by atoms with van der Waals surface area (Å²) in [6.07, 6.45) is 2.47. The molecule has 1 aromatic rings. The summed E-state index contributed by atoms with van der Waals surface area (Å²) in [6, 6.07) is 1.74. The lowest BCUT2D eigenvalue weighted by atomic mass is 10.2. The Morgan fingerprint density at radius 1 is 1.65 bits per heavy atom. The van der Waals surface area contributed by atoms with Crippen molar-refractivity contribution in [3.63, 3.8) is 0 Å². The Morgan fingerprint density at radius 3 is 3.06 bits per heavy atom. The smallest absolute Gasteiger partial charge is 0.272 e. The van der Waals surface area contributed by atoms with Crippen molar-refractivity contribution in [1.29, 1.82) is 0 Å². The summed E-state index contributed by atoms with van der Waals surface area (Å²) >= 11 is 0. The van der Waals surface area contributed by atoms with Crippen molar-refractivity contribution in [2.45, 2.75) is 18.6 Å². The predicted molar refractivity (Wildman–Crippen MR) is 60.7 cm³/mol. The molecule has 94 valence electrons. The van der Waals surface area contributed by atoms with E-state index < -0.39 is 0 Å². The van der Waals surface area contributed by atoms with E-state index in [-0.39, 0.29) is 18.1 Å². The van der Waals surface area contributed by atoms with Gasteiger partial charge in [-0.3, -0.25) is 9.89 Å². The van der Waals surface area contributed by atoms with Gasteiger partial charge in [-0.1, -0.05) is 0 Å². The van der Waals surface area contributed by atoms with Gasteiger partial charge in [0.1, 0.15) is 5.69 Å². The van der Waals surface area contributed by atoms with Crippen LogP contribution in [0.2, 0.25) is 0 Å². The fourth-order valence-corrected chi connectivity index (χ4v) is 2.17. The molecule has 2 rings (SSSR count). The molecule has 1 aliphatic heterocycles. The van der Waals surface area contributed by atoms with Crippen molar-refractivity contribution in [2.24, 2.45) is 0 Å². The van der Waals surface area contributed by atoms with Gasteiger partial charge in [0.15, 0.2) is 0 Å². The normalized spacial score (nSPS) is 24.2. The molecule has 0 aliphatic carbocycles. The second-order valence-corrected chi connectivity index (χ2v) is 4.13. The molecule has 17 heavy (non-hydrogen) atoms. The Bertz CT molecular complexity index is 366. The van der Waals surface area contributed by atoms with Gasteiger partial charge in [0, 0.05) is 27.0 Å². The Labute approximate surface area is 99.9 Å². The quantitative estimate of drug-likeness (QED) is 0.819. The summed E-state index contributed by atoms with van der Waals surface area (Å²) < 4.78 is 10.5. The van der Waals surface area contributed by atoms with Crippen LogP contribution in [-0.4, -0.2) is 60.5 Å². The highest BCUT2D eigenvalue weighted by Gasteiger charge is 2.36. The van der Waals surface area contributed by atoms with Gasteiger partial charge in [-0.25, -0.2) is 0 Å². The van der Waals surface area contributed by atoms with E-state index in [1.54, 1.807) is 31.4 Å². The molecule has 1 N–H and O–H groups in total. The number of carbonyl (C=O) groups is 1. The molecule has 0 saturated carbocycles. The van der Waals surface area contributed by atoms with Crippen LogP contribution >= 0.6 is 0 Å². The van der Waals surface area contributed by atoms with Crippen molar-refractivity contribution in [2.75, 3.05) is 27.4 Å². The fourth-order valence-electron chi connectivity index (χ4n) is 2.17. The van der Waals surface area contributed by atoms with Crippen LogP contribution in [0, 0.1) is 0 Å². The maximum absolute atomic E-state index is 12.2. The molecule has 2 atom stereocenters. The van der Waals surface area contributed by atoms with Crippen LogP contribution in [0.15, 0.2) is 12.3 Å². The number of carbonyl (C=O) groups excluding carboxylic acids is 1. The van der Waals surface area contributed by atoms with E-state index in [1.807, 2.05) is 0 Å². The zero-order chi connectivity index (χ0) is 12.3. The molecule has 1 aliphatic rings.